The fourth-order valence-corrected chi connectivity index (χ4v) is 2.09. The second-order valence-corrected chi connectivity index (χ2v) is 5.67. The van der Waals surface area contributed by atoms with Gasteiger partial charge in [-0.1, -0.05) is 25.1 Å². The minimum Gasteiger partial charge on any atom is -0.456 e. The van der Waals surface area contributed by atoms with Crippen LogP contribution in [0.15, 0.2) is 42.7 Å². The smallest absolute Gasteiger partial charge is 0.306 e. The zero-order chi connectivity index (χ0) is 17.4. The zero-order valence-corrected chi connectivity index (χ0v) is 14.1. The average Bonchev–Trinajstić information content (AvgIpc) is 3.08. The van der Waals surface area contributed by atoms with Gasteiger partial charge in [0.15, 0.2) is 6.61 Å². The Kier molecular flexibility index (Phi) is 6.54. The number of carbonyl (C=O) groups excluding carboxylic acids is 2. The Morgan fingerprint density at radius 3 is 2.75 bits per heavy atom. The van der Waals surface area contributed by atoms with E-state index >= 15 is 0 Å². The topological polar surface area (TPSA) is 73.2 Å². The molecule has 1 aromatic heterocycles. The highest BCUT2D eigenvalue weighted by atomic mass is 16.5. The Morgan fingerprint density at radius 2 is 2.04 bits per heavy atom. The molecule has 1 N–H and O–H groups in total. The predicted octanol–water partition coefficient (Wildman–Crippen LogP) is 2.26. The molecule has 1 atom stereocenters. The second kappa shape index (κ2) is 8.86. The SMILES string of the molecule is CCC(C)NC(=O)COC(=O)CCc1cnn(-c2ccccc2)c1. The quantitative estimate of drug-likeness (QED) is 0.754. The predicted molar refractivity (Wildman–Crippen MR) is 90.7 cm³/mol. The molecule has 128 valence electrons. The van der Waals surface area contributed by atoms with Crippen molar-refractivity contribution in [2.75, 3.05) is 6.61 Å². The van der Waals surface area contributed by atoms with Gasteiger partial charge in [0.2, 0.25) is 0 Å². The van der Waals surface area contributed by atoms with Gasteiger partial charge in [-0.25, -0.2) is 4.68 Å². The van der Waals surface area contributed by atoms with E-state index in [-0.39, 0.29) is 30.9 Å². The third-order valence-electron chi connectivity index (χ3n) is 3.66. The monoisotopic (exact) mass is 329 g/mol. The van der Waals surface area contributed by atoms with Gasteiger partial charge < -0.3 is 10.1 Å². The van der Waals surface area contributed by atoms with Gasteiger partial charge in [0.25, 0.3) is 5.91 Å². The first-order valence-electron chi connectivity index (χ1n) is 8.12. The highest BCUT2D eigenvalue weighted by molar-refractivity contribution is 5.80. The molecule has 1 unspecified atom stereocenters. The number of hydrogen-bond acceptors (Lipinski definition) is 4. The van der Waals surface area contributed by atoms with E-state index in [1.807, 2.05) is 50.4 Å². The third kappa shape index (κ3) is 5.53. The van der Waals surface area contributed by atoms with Crippen LogP contribution in [-0.2, 0) is 20.7 Å². The van der Waals surface area contributed by atoms with Crippen molar-refractivity contribution in [2.24, 2.45) is 0 Å². The van der Waals surface area contributed by atoms with Crippen LogP contribution in [0.25, 0.3) is 5.69 Å². The maximum Gasteiger partial charge on any atom is 0.306 e. The number of esters is 1. The molecule has 0 aliphatic heterocycles. The molecule has 0 aliphatic carbocycles. The summed E-state index contributed by atoms with van der Waals surface area (Å²) in [6.07, 6.45) is 5.20. The number of carbonyl (C=O) groups is 2. The highest BCUT2D eigenvalue weighted by Crippen LogP contribution is 2.09. The minimum absolute atomic E-state index is 0.0834. The summed E-state index contributed by atoms with van der Waals surface area (Å²) >= 11 is 0. The molecule has 0 aliphatic rings. The Bertz CT molecular complexity index is 667. The van der Waals surface area contributed by atoms with Crippen LogP contribution in [-0.4, -0.2) is 34.3 Å². The Balaban J connectivity index is 1.74. The van der Waals surface area contributed by atoms with Gasteiger partial charge in [-0.3, -0.25) is 9.59 Å². The van der Waals surface area contributed by atoms with Gasteiger partial charge in [0, 0.05) is 18.7 Å². The third-order valence-corrected chi connectivity index (χ3v) is 3.66. The van der Waals surface area contributed by atoms with Gasteiger partial charge in [-0.05, 0) is 37.5 Å². The standard InChI is InChI=1S/C18H23N3O3/c1-3-14(2)20-17(22)13-24-18(23)10-9-15-11-19-21(12-15)16-7-5-4-6-8-16/h4-8,11-12,14H,3,9-10,13H2,1-2H3,(H,20,22). The molecule has 0 bridgehead atoms. The average molecular weight is 329 g/mol. The van der Waals surface area contributed by atoms with Crippen molar-refractivity contribution < 1.29 is 14.3 Å². The van der Waals surface area contributed by atoms with Gasteiger partial charge in [-0.15, -0.1) is 0 Å². The van der Waals surface area contributed by atoms with Gasteiger partial charge >= 0.3 is 5.97 Å². The summed E-state index contributed by atoms with van der Waals surface area (Å²) in [6.45, 7) is 3.66. The van der Waals surface area contributed by atoms with Gasteiger partial charge in [0.05, 0.1) is 11.9 Å². The lowest BCUT2D eigenvalue weighted by atomic mass is 10.2. The lowest BCUT2D eigenvalue weighted by molar-refractivity contribution is -0.148. The van der Waals surface area contributed by atoms with Crippen molar-refractivity contribution in [1.29, 1.82) is 0 Å². The number of benzene rings is 1. The summed E-state index contributed by atoms with van der Waals surface area (Å²) in [4.78, 5) is 23.3. The number of rotatable bonds is 8. The normalized spacial score (nSPS) is 11.8. The molecule has 0 saturated heterocycles. The lowest BCUT2D eigenvalue weighted by Crippen LogP contribution is -2.35. The summed E-state index contributed by atoms with van der Waals surface area (Å²) < 4.78 is 6.75. The molecule has 6 nitrogen and oxygen atoms in total. The summed E-state index contributed by atoms with van der Waals surface area (Å²) in [5.41, 5.74) is 1.91. The summed E-state index contributed by atoms with van der Waals surface area (Å²) in [7, 11) is 0. The maximum atomic E-state index is 11.7. The maximum absolute atomic E-state index is 11.7. The first-order chi connectivity index (χ1) is 11.6. The molecule has 1 aromatic carbocycles. The number of ether oxygens (including phenoxy) is 1. The highest BCUT2D eigenvalue weighted by Gasteiger charge is 2.10. The Morgan fingerprint density at radius 1 is 1.29 bits per heavy atom. The molecular formula is C18H23N3O3. The first-order valence-corrected chi connectivity index (χ1v) is 8.12. The summed E-state index contributed by atoms with van der Waals surface area (Å²) in [6, 6.07) is 9.83. The van der Waals surface area contributed by atoms with E-state index in [1.165, 1.54) is 0 Å². The molecule has 2 aromatic rings. The van der Waals surface area contributed by atoms with E-state index in [9.17, 15) is 9.59 Å². The van der Waals surface area contributed by atoms with Crippen LogP contribution < -0.4 is 5.32 Å². The lowest BCUT2D eigenvalue weighted by Gasteiger charge is -2.11. The molecule has 0 saturated carbocycles. The largest absolute Gasteiger partial charge is 0.456 e. The molecule has 24 heavy (non-hydrogen) atoms. The number of aromatic nitrogens is 2. The fourth-order valence-electron chi connectivity index (χ4n) is 2.09. The van der Waals surface area contributed by atoms with Crippen LogP contribution >= 0.6 is 0 Å². The Hall–Kier alpha value is -2.63. The second-order valence-electron chi connectivity index (χ2n) is 5.67. The van der Waals surface area contributed by atoms with Gasteiger partial charge in [-0.2, -0.15) is 5.10 Å². The van der Waals surface area contributed by atoms with Crippen LogP contribution in [0.2, 0.25) is 0 Å². The molecule has 6 heteroatoms. The molecule has 1 heterocycles. The van der Waals surface area contributed by atoms with Gasteiger partial charge in [0.1, 0.15) is 0 Å². The van der Waals surface area contributed by atoms with E-state index in [0.717, 1.165) is 17.7 Å². The van der Waals surface area contributed by atoms with E-state index in [4.69, 9.17) is 4.74 Å². The summed E-state index contributed by atoms with van der Waals surface area (Å²) in [5.74, 6) is -0.656. The fraction of sp³-hybridized carbons (Fsp3) is 0.389. The summed E-state index contributed by atoms with van der Waals surface area (Å²) in [5, 5.41) is 7.03. The number of para-hydroxylation sites is 1. The van der Waals surface area contributed by atoms with Crippen molar-refractivity contribution in [3.05, 3.63) is 48.3 Å². The zero-order valence-electron chi connectivity index (χ0n) is 14.1. The van der Waals surface area contributed by atoms with Crippen molar-refractivity contribution in [2.45, 2.75) is 39.2 Å². The molecule has 0 spiro atoms. The van der Waals surface area contributed by atoms with E-state index in [2.05, 4.69) is 10.4 Å². The van der Waals surface area contributed by atoms with E-state index < -0.39 is 0 Å². The van der Waals surface area contributed by atoms with E-state index in [1.54, 1.807) is 10.9 Å². The van der Waals surface area contributed by atoms with Crippen LogP contribution in [0.4, 0.5) is 0 Å². The van der Waals surface area contributed by atoms with Crippen molar-refractivity contribution in [3.63, 3.8) is 0 Å². The van der Waals surface area contributed by atoms with Crippen molar-refractivity contribution in [1.82, 2.24) is 15.1 Å². The minimum atomic E-state index is -0.387. The number of nitrogens with one attached hydrogen (secondary N) is 1. The number of aryl methyl sites for hydroxylation is 1. The van der Waals surface area contributed by atoms with Crippen LogP contribution in [0, 0.1) is 0 Å². The number of nitrogens with zero attached hydrogens (tertiary/aromatic N) is 2. The molecule has 1 amide bonds. The molecule has 0 fully saturated rings. The van der Waals surface area contributed by atoms with Crippen LogP contribution in [0.3, 0.4) is 0 Å². The molecule has 0 radical (unpaired) electrons. The first kappa shape index (κ1) is 17.7. The van der Waals surface area contributed by atoms with Crippen LogP contribution in [0.5, 0.6) is 0 Å². The molecular weight excluding hydrogens is 306 g/mol. The van der Waals surface area contributed by atoms with Crippen molar-refractivity contribution >= 4 is 11.9 Å². The van der Waals surface area contributed by atoms with Crippen LogP contribution in [0.1, 0.15) is 32.3 Å². The van der Waals surface area contributed by atoms with Crippen molar-refractivity contribution in [3.8, 4) is 5.69 Å². The van der Waals surface area contributed by atoms with E-state index in [0.29, 0.717) is 6.42 Å². The Labute approximate surface area is 141 Å². The number of amides is 1. The number of hydrogen-bond donors (Lipinski definition) is 1. The molecule has 2 rings (SSSR count).